The molecule has 0 amide bonds. The molecule has 78 valence electrons. The van der Waals surface area contributed by atoms with Crippen LogP contribution in [0.4, 0.5) is 0 Å². The zero-order chi connectivity index (χ0) is 9.97. The predicted octanol–water partition coefficient (Wildman–Crippen LogP) is 1.44. The fourth-order valence-electron chi connectivity index (χ4n) is 1.92. The van der Waals surface area contributed by atoms with Gasteiger partial charge in [0.2, 0.25) is 0 Å². The summed E-state index contributed by atoms with van der Waals surface area (Å²) in [5, 5.41) is 10.0. The molecule has 1 aliphatic rings. The van der Waals surface area contributed by atoms with Gasteiger partial charge in [-0.2, -0.15) is 0 Å². The second-order valence-electron chi connectivity index (χ2n) is 3.78. The molecule has 4 heteroatoms. The minimum atomic E-state index is 0.224. The van der Waals surface area contributed by atoms with Gasteiger partial charge in [-0.25, -0.2) is 4.98 Å². The van der Waals surface area contributed by atoms with Crippen LogP contribution in [-0.4, -0.2) is 35.2 Å². The van der Waals surface area contributed by atoms with Crippen LogP contribution in [-0.2, 0) is 6.42 Å². The molecule has 1 saturated heterocycles. The number of hydrogen-bond donors (Lipinski definition) is 1. The maximum Gasteiger partial charge on any atom is 0.110 e. The lowest BCUT2D eigenvalue weighted by Gasteiger charge is -2.16. The van der Waals surface area contributed by atoms with E-state index in [4.69, 9.17) is 5.11 Å². The lowest BCUT2D eigenvalue weighted by Crippen LogP contribution is -2.17. The molecule has 1 unspecified atom stereocenters. The van der Waals surface area contributed by atoms with Crippen molar-refractivity contribution in [1.29, 1.82) is 0 Å². The van der Waals surface area contributed by atoms with Crippen molar-refractivity contribution < 1.29 is 5.11 Å². The van der Waals surface area contributed by atoms with Crippen LogP contribution >= 0.6 is 11.3 Å². The monoisotopic (exact) mass is 212 g/mol. The van der Waals surface area contributed by atoms with Crippen LogP contribution < -0.4 is 0 Å². The Morgan fingerprint density at radius 1 is 1.71 bits per heavy atom. The Kier molecular flexibility index (Phi) is 3.15. The van der Waals surface area contributed by atoms with Gasteiger partial charge >= 0.3 is 0 Å². The minimum absolute atomic E-state index is 0.224. The molecule has 1 N–H and O–H groups in total. The zero-order valence-corrected chi connectivity index (χ0v) is 9.26. The first-order chi connectivity index (χ1) is 6.81. The first-order valence-corrected chi connectivity index (χ1v) is 5.88. The lowest BCUT2D eigenvalue weighted by atomic mass is 10.2. The third-order valence-electron chi connectivity index (χ3n) is 2.74. The van der Waals surface area contributed by atoms with E-state index in [0.717, 1.165) is 6.42 Å². The van der Waals surface area contributed by atoms with E-state index in [-0.39, 0.29) is 6.61 Å². The quantitative estimate of drug-likeness (QED) is 0.823. The summed E-state index contributed by atoms with van der Waals surface area (Å²) < 4.78 is 0. The maximum atomic E-state index is 8.81. The summed E-state index contributed by atoms with van der Waals surface area (Å²) in [5.74, 6) is 0. The molecule has 1 aliphatic heterocycles. The molecular weight excluding hydrogens is 196 g/mol. The van der Waals surface area contributed by atoms with Crippen LogP contribution in [0.2, 0.25) is 0 Å². The Balaban J connectivity index is 2.08. The van der Waals surface area contributed by atoms with E-state index in [9.17, 15) is 0 Å². The molecule has 0 bridgehead atoms. The third kappa shape index (κ3) is 1.97. The van der Waals surface area contributed by atoms with Gasteiger partial charge in [0, 0.05) is 24.1 Å². The summed E-state index contributed by atoms with van der Waals surface area (Å²) in [6.45, 7) is 1.40. The SMILES string of the molecule is CN1CCCC1c1ncc(CCO)s1. The van der Waals surface area contributed by atoms with Gasteiger partial charge in [-0.1, -0.05) is 0 Å². The summed E-state index contributed by atoms with van der Waals surface area (Å²) in [6, 6.07) is 0.521. The number of likely N-dealkylation sites (tertiary alicyclic amines) is 1. The number of thiazole rings is 1. The molecule has 3 nitrogen and oxygen atoms in total. The van der Waals surface area contributed by atoms with Gasteiger partial charge in [-0.3, -0.25) is 4.90 Å². The number of hydrogen-bond acceptors (Lipinski definition) is 4. The Morgan fingerprint density at radius 2 is 2.57 bits per heavy atom. The molecule has 0 aliphatic carbocycles. The summed E-state index contributed by atoms with van der Waals surface area (Å²) in [4.78, 5) is 7.99. The molecule has 1 aromatic heterocycles. The number of aromatic nitrogens is 1. The summed E-state index contributed by atoms with van der Waals surface area (Å²) in [5.41, 5.74) is 0. The van der Waals surface area contributed by atoms with Gasteiger partial charge in [0.15, 0.2) is 0 Å². The van der Waals surface area contributed by atoms with E-state index >= 15 is 0 Å². The van der Waals surface area contributed by atoms with Crippen LogP contribution in [0.15, 0.2) is 6.20 Å². The molecule has 0 spiro atoms. The second-order valence-corrected chi connectivity index (χ2v) is 4.92. The Bertz CT molecular complexity index is 300. The molecule has 1 aromatic rings. The third-order valence-corrected chi connectivity index (χ3v) is 3.89. The lowest BCUT2D eigenvalue weighted by molar-refractivity contribution is 0.300. The van der Waals surface area contributed by atoms with Crippen molar-refractivity contribution >= 4 is 11.3 Å². The highest BCUT2D eigenvalue weighted by atomic mass is 32.1. The van der Waals surface area contributed by atoms with Crippen molar-refractivity contribution in [2.45, 2.75) is 25.3 Å². The molecule has 2 heterocycles. The average Bonchev–Trinajstić information content (AvgIpc) is 2.74. The van der Waals surface area contributed by atoms with Crippen molar-refractivity contribution in [3.8, 4) is 0 Å². The highest BCUT2D eigenvalue weighted by Crippen LogP contribution is 2.32. The summed E-state index contributed by atoms with van der Waals surface area (Å²) in [7, 11) is 2.16. The van der Waals surface area contributed by atoms with E-state index in [2.05, 4.69) is 16.9 Å². The molecule has 0 aromatic carbocycles. The zero-order valence-electron chi connectivity index (χ0n) is 8.44. The molecule has 0 saturated carbocycles. The smallest absolute Gasteiger partial charge is 0.110 e. The van der Waals surface area contributed by atoms with Gasteiger partial charge in [0.05, 0.1) is 6.04 Å². The van der Waals surface area contributed by atoms with Crippen molar-refractivity contribution in [1.82, 2.24) is 9.88 Å². The fraction of sp³-hybridized carbons (Fsp3) is 0.700. The Hall–Kier alpha value is -0.450. The predicted molar refractivity (Wildman–Crippen MR) is 57.5 cm³/mol. The molecule has 2 rings (SSSR count). The van der Waals surface area contributed by atoms with Crippen molar-refractivity contribution in [3.63, 3.8) is 0 Å². The van der Waals surface area contributed by atoms with Gasteiger partial charge in [-0.05, 0) is 26.4 Å². The van der Waals surface area contributed by atoms with Crippen LogP contribution in [0.5, 0.6) is 0 Å². The second kappa shape index (κ2) is 4.38. The molecule has 1 atom stereocenters. The maximum absolute atomic E-state index is 8.81. The van der Waals surface area contributed by atoms with Gasteiger partial charge in [0.1, 0.15) is 5.01 Å². The largest absolute Gasteiger partial charge is 0.396 e. The van der Waals surface area contributed by atoms with Gasteiger partial charge in [-0.15, -0.1) is 11.3 Å². The number of nitrogens with zero attached hydrogens (tertiary/aromatic N) is 2. The van der Waals surface area contributed by atoms with Crippen LogP contribution in [0, 0.1) is 0 Å². The average molecular weight is 212 g/mol. The first kappa shape index (κ1) is 10.1. The van der Waals surface area contributed by atoms with Crippen molar-refractivity contribution in [2.24, 2.45) is 0 Å². The van der Waals surface area contributed by atoms with E-state index in [1.165, 1.54) is 29.3 Å². The molecule has 1 fully saturated rings. The number of aliphatic hydroxyl groups is 1. The highest BCUT2D eigenvalue weighted by molar-refractivity contribution is 7.11. The summed E-state index contributed by atoms with van der Waals surface area (Å²) >= 11 is 1.75. The molecule has 0 radical (unpaired) electrons. The van der Waals surface area contributed by atoms with E-state index in [1.807, 2.05) is 6.20 Å². The van der Waals surface area contributed by atoms with Crippen molar-refractivity contribution in [2.75, 3.05) is 20.2 Å². The van der Waals surface area contributed by atoms with E-state index in [1.54, 1.807) is 11.3 Å². The van der Waals surface area contributed by atoms with Crippen molar-refractivity contribution in [3.05, 3.63) is 16.1 Å². The molecule has 14 heavy (non-hydrogen) atoms. The van der Waals surface area contributed by atoms with E-state index in [0.29, 0.717) is 6.04 Å². The van der Waals surface area contributed by atoms with Gasteiger partial charge < -0.3 is 5.11 Å². The Labute approximate surface area is 88.4 Å². The summed E-state index contributed by atoms with van der Waals surface area (Å²) in [6.07, 6.45) is 5.15. The standard InChI is InChI=1S/C10H16N2OS/c1-12-5-2-3-9(12)10-11-7-8(14-10)4-6-13/h7,9,13H,2-6H2,1H3. The van der Waals surface area contributed by atoms with Crippen LogP contribution in [0.25, 0.3) is 0 Å². The van der Waals surface area contributed by atoms with Crippen LogP contribution in [0.1, 0.15) is 28.8 Å². The highest BCUT2D eigenvalue weighted by Gasteiger charge is 2.24. The number of aliphatic hydroxyl groups excluding tert-OH is 1. The van der Waals surface area contributed by atoms with Crippen LogP contribution in [0.3, 0.4) is 0 Å². The first-order valence-electron chi connectivity index (χ1n) is 5.07. The normalized spacial score (nSPS) is 23.1. The Morgan fingerprint density at radius 3 is 3.21 bits per heavy atom. The topological polar surface area (TPSA) is 36.4 Å². The number of rotatable bonds is 3. The van der Waals surface area contributed by atoms with E-state index < -0.39 is 0 Å². The van der Waals surface area contributed by atoms with Gasteiger partial charge in [0.25, 0.3) is 0 Å². The molecular formula is C10H16N2OS. The minimum Gasteiger partial charge on any atom is -0.396 e. The fourth-order valence-corrected chi connectivity index (χ4v) is 3.03.